The van der Waals surface area contributed by atoms with E-state index in [0.717, 1.165) is 50.2 Å². The van der Waals surface area contributed by atoms with Gasteiger partial charge < -0.3 is 30.1 Å². The van der Waals surface area contributed by atoms with Crippen LogP contribution in [0.4, 0.5) is 19.0 Å². The number of rotatable bonds is 19. The van der Waals surface area contributed by atoms with Gasteiger partial charge in [0.05, 0.1) is 17.9 Å². The fourth-order valence-electron chi connectivity index (χ4n) is 4.82. The highest BCUT2D eigenvalue weighted by molar-refractivity contribution is 5.97. The van der Waals surface area contributed by atoms with E-state index in [9.17, 15) is 27.9 Å². The number of carbonyl (C=O) groups is 2. The number of fused-ring (bicyclic) bond motifs is 1. The molecule has 12 heteroatoms. The summed E-state index contributed by atoms with van der Waals surface area (Å²) in [5, 5.41) is 15.5. The van der Waals surface area contributed by atoms with Gasteiger partial charge in [-0.15, -0.1) is 0 Å². The first-order chi connectivity index (χ1) is 20.4. The lowest BCUT2D eigenvalue weighted by molar-refractivity contribution is -0.142. The molecule has 0 fully saturated rings. The number of hydrogen-bond donors (Lipinski definition) is 3. The third-order valence-corrected chi connectivity index (χ3v) is 7.33. The van der Waals surface area contributed by atoms with Crippen LogP contribution < -0.4 is 10.6 Å². The Kier molecular flexibility index (Phi) is 15.0. The Balaban J connectivity index is 2.06. The van der Waals surface area contributed by atoms with Gasteiger partial charge in [0.2, 0.25) is 5.76 Å². The molecule has 2 atom stereocenters. The number of unbranched alkanes of at least 4 members (excludes halogenated alkanes) is 1. The predicted molar refractivity (Wildman–Crippen MR) is 160 cm³/mol. The van der Waals surface area contributed by atoms with Crippen molar-refractivity contribution in [1.29, 1.82) is 0 Å². The summed E-state index contributed by atoms with van der Waals surface area (Å²) in [6.45, 7) is 13.0. The molecular formula is C31H47F3N4O5. The number of halogens is 3. The number of nitrogens with one attached hydrogen (secondary N) is 2. The summed E-state index contributed by atoms with van der Waals surface area (Å²) in [6.07, 6.45) is -0.104. The topological polar surface area (TPSA) is 113 Å². The number of nitrogens with zero attached hydrogens (tertiary/aromatic N) is 2. The second-order valence-electron chi connectivity index (χ2n) is 10.8. The van der Waals surface area contributed by atoms with Crippen LogP contribution in [-0.4, -0.2) is 78.5 Å². The van der Waals surface area contributed by atoms with E-state index < -0.39 is 41.3 Å². The number of amides is 1. The van der Waals surface area contributed by atoms with Crippen LogP contribution in [-0.2, 0) is 31.9 Å². The lowest BCUT2D eigenvalue weighted by atomic mass is 9.95. The summed E-state index contributed by atoms with van der Waals surface area (Å²) in [4.78, 5) is 32.0. The summed E-state index contributed by atoms with van der Waals surface area (Å²) in [6, 6.07) is 2.79. The molecular weight excluding hydrogens is 565 g/mol. The molecule has 1 amide bonds. The molecule has 43 heavy (non-hydrogen) atoms. The summed E-state index contributed by atoms with van der Waals surface area (Å²) >= 11 is 0. The first kappa shape index (κ1) is 36.1. The van der Waals surface area contributed by atoms with E-state index in [1.54, 1.807) is 6.92 Å². The molecule has 0 aliphatic carbocycles. The third-order valence-electron chi connectivity index (χ3n) is 7.33. The molecule has 0 saturated heterocycles. The van der Waals surface area contributed by atoms with Gasteiger partial charge >= 0.3 is 12.1 Å². The van der Waals surface area contributed by atoms with Crippen molar-refractivity contribution in [2.24, 2.45) is 5.92 Å². The molecule has 3 N–H and O–H groups in total. The second-order valence-corrected chi connectivity index (χ2v) is 10.8. The van der Waals surface area contributed by atoms with Crippen molar-refractivity contribution in [2.45, 2.75) is 84.9 Å². The monoisotopic (exact) mass is 612 g/mol. The summed E-state index contributed by atoms with van der Waals surface area (Å²) in [5.41, 5.74) is 1.60. The van der Waals surface area contributed by atoms with Crippen LogP contribution in [0.1, 0.15) is 71.1 Å². The van der Waals surface area contributed by atoms with Gasteiger partial charge in [0.15, 0.2) is 0 Å². The molecule has 0 aromatic carbocycles. The molecule has 2 unspecified atom stereocenters. The number of aliphatic carboxylic acids is 1. The van der Waals surface area contributed by atoms with Crippen LogP contribution in [0.25, 0.3) is 0 Å². The number of aromatic nitrogens is 1. The number of anilines is 1. The molecule has 242 valence electrons. The molecule has 1 aliphatic heterocycles. The van der Waals surface area contributed by atoms with E-state index in [1.807, 2.05) is 6.92 Å². The SMILES string of the molecule is C=C(C)O/C(=C(/C(=O)NC(CCN(CCCCc1ccc2c(n1)NCCC2)CCOCC)C(=O)O)C(C)CC)C(F)(F)F. The first-order valence-corrected chi connectivity index (χ1v) is 15.1. The zero-order chi connectivity index (χ0) is 32.0. The number of pyridine rings is 1. The zero-order valence-corrected chi connectivity index (χ0v) is 25.8. The van der Waals surface area contributed by atoms with Gasteiger partial charge in [-0.1, -0.05) is 26.5 Å². The fraction of sp³-hybridized carbons (Fsp3) is 0.645. The van der Waals surface area contributed by atoms with Crippen LogP contribution >= 0.6 is 0 Å². The van der Waals surface area contributed by atoms with Crippen LogP contribution in [0.3, 0.4) is 0 Å². The van der Waals surface area contributed by atoms with Gasteiger partial charge in [0.1, 0.15) is 11.9 Å². The number of aryl methyl sites for hydroxylation is 2. The molecule has 0 bridgehead atoms. The van der Waals surface area contributed by atoms with Gasteiger partial charge in [0.25, 0.3) is 5.91 Å². The molecule has 0 spiro atoms. The number of alkyl halides is 3. The molecule has 9 nitrogen and oxygen atoms in total. The van der Waals surface area contributed by atoms with E-state index >= 15 is 0 Å². The normalized spacial score (nSPS) is 15.2. The first-order valence-electron chi connectivity index (χ1n) is 15.1. The molecule has 1 aromatic heterocycles. The maximum absolute atomic E-state index is 13.9. The summed E-state index contributed by atoms with van der Waals surface area (Å²) < 4.78 is 52.0. The van der Waals surface area contributed by atoms with Gasteiger partial charge in [-0.2, -0.15) is 13.2 Å². The fourth-order valence-corrected chi connectivity index (χ4v) is 4.82. The van der Waals surface area contributed by atoms with E-state index in [-0.39, 0.29) is 18.6 Å². The van der Waals surface area contributed by atoms with Crippen molar-refractivity contribution in [2.75, 3.05) is 44.7 Å². The van der Waals surface area contributed by atoms with Crippen molar-refractivity contribution >= 4 is 17.7 Å². The maximum Gasteiger partial charge on any atom is 0.450 e. The number of hydrogen-bond acceptors (Lipinski definition) is 7. The van der Waals surface area contributed by atoms with Crippen molar-refractivity contribution in [1.82, 2.24) is 15.2 Å². The molecule has 1 aliphatic rings. The summed E-state index contributed by atoms with van der Waals surface area (Å²) in [7, 11) is 0. The minimum absolute atomic E-state index is 0.00171. The van der Waals surface area contributed by atoms with Gasteiger partial charge in [-0.05, 0) is 82.9 Å². The standard InChI is InChI=1S/C31H47F3N4O5/c1-6-22(5)26(27(31(32,33)34)43-21(3)4)29(39)37-25(30(40)41)15-18-38(19-20-42-7-2)17-9-8-12-24-14-13-23-11-10-16-35-28(23)36-24/h13-14,22,25H,3,6-12,15-20H2,1-2,4-5H3,(H,35,36)(H,37,39)(H,40,41)/b27-26+. The largest absolute Gasteiger partial charge is 0.480 e. The molecule has 1 aromatic rings. The molecule has 2 rings (SSSR count). The lowest BCUT2D eigenvalue weighted by Crippen LogP contribution is -2.45. The Hall–Kier alpha value is -3.12. The molecule has 2 heterocycles. The average molecular weight is 613 g/mol. The van der Waals surface area contributed by atoms with Crippen molar-refractivity contribution in [3.63, 3.8) is 0 Å². The van der Waals surface area contributed by atoms with E-state index in [1.165, 1.54) is 19.4 Å². The number of carboxylic acid groups (broad SMARTS) is 1. The van der Waals surface area contributed by atoms with E-state index in [4.69, 9.17) is 14.5 Å². The van der Waals surface area contributed by atoms with Crippen molar-refractivity contribution < 1.29 is 37.3 Å². The maximum atomic E-state index is 13.9. The Bertz CT molecular complexity index is 1110. The van der Waals surface area contributed by atoms with Crippen LogP contribution in [0.5, 0.6) is 0 Å². The molecule has 0 radical (unpaired) electrons. The third kappa shape index (κ3) is 12.2. The Labute approximate surface area is 252 Å². The zero-order valence-electron chi connectivity index (χ0n) is 25.8. The number of carboxylic acids is 1. The van der Waals surface area contributed by atoms with E-state index in [0.29, 0.717) is 32.8 Å². The highest BCUT2D eigenvalue weighted by Crippen LogP contribution is 2.34. The second kappa shape index (κ2) is 17.9. The lowest BCUT2D eigenvalue weighted by Gasteiger charge is -2.26. The Morgan fingerprint density at radius 3 is 2.58 bits per heavy atom. The highest BCUT2D eigenvalue weighted by atomic mass is 19.4. The van der Waals surface area contributed by atoms with Gasteiger partial charge in [-0.25, -0.2) is 9.78 Å². The highest BCUT2D eigenvalue weighted by Gasteiger charge is 2.42. The van der Waals surface area contributed by atoms with Crippen molar-refractivity contribution in [3.05, 3.63) is 47.1 Å². The van der Waals surface area contributed by atoms with Crippen LogP contribution in [0, 0.1) is 5.92 Å². The van der Waals surface area contributed by atoms with E-state index in [2.05, 4.69) is 34.2 Å². The van der Waals surface area contributed by atoms with Crippen LogP contribution in [0.15, 0.2) is 35.8 Å². The number of carbonyl (C=O) groups excluding carboxylic acids is 1. The minimum Gasteiger partial charge on any atom is -0.480 e. The smallest absolute Gasteiger partial charge is 0.450 e. The number of allylic oxidation sites excluding steroid dienone is 2. The average Bonchev–Trinajstić information content (AvgIpc) is 2.95. The van der Waals surface area contributed by atoms with Gasteiger partial charge in [0, 0.05) is 31.9 Å². The minimum atomic E-state index is -4.96. The summed E-state index contributed by atoms with van der Waals surface area (Å²) in [5.74, 6) is -4.04. The predicted octanol–water partition coefficient (Wildman–Crippen LogP) is 5.47. The van der Waals surface area contributed by atoms with Crippen LogP contribution in [0.2, 0.25) is 0 Å². The Morgan fingerprint density at radius 1 is 1.21 bits per heavy atom. The quantitative estimate of drug-likeness (QED) is 0.107. The number of ether oxygens (including phenoxy) is 2. The molecule has 0 saturated carbocycles. The van der Waals surface area contributed by atoms with Crippen molar-refractivity contribution in [3.8, 4) is 0 Å². The van der Waals surface area contributed by atoms with Gasteiger partial charge in [-0.3, -0.25) is 4.79 Å². The Morgan fingerprint density at radius 2 is 1.95 bits per heavy atom.